The van der Waals surface area contributed by atoms with Crippen LogP contribution in [0.2, 0.25) is 5.02 Å². The van der Waals surface area contributed by atoms with Gasteiger partial charge in [0.25, 0.3) is 5.91 Å². The number of nitrogens with zero attached hydrogens (tertiary/aromatic N) is 2. The maximum absolute atomic E-state index is 13.7. The molecule has 6 rings (SSSR count). The highest BCUT2D eigenvalue weighted by Crippen LogP contribution is 2.50. The molecule has 0 bridgehead atoms. The van der Waals surface area contributed by atoms with E-state index < -0.39 is 6.09 Å². The molecule has 0 spiro atoms. The molecule has 2 fully saturated rings. The molecule has 10 heteroatoms. The fourth-order valence-corrected chi connectivity index (χ4v) is 6.15. The van der Waals surface area contributed by atoms with Crippen molar-refractivity contribution in [2.45, 2.75) is 19.4 Å². The van der Waals surface area contributed by atoms with E-state index in [1.165, 1.54) is 11.3 Å². The molecule has 2 aliphatic heterocycles. The highest BCUT2D eigenvalue weighted by molar-refractivity contribution is 7.15. The van der Waals surface area contributed by atoms with Crippen molar-refractivity contribution >= 4 is 34.9 Å². The van der Waals surface area contributed by atoms with Crippen LogP contribution in [0.3, 0.4) is 0 Å². The number of rotatable bonds is 5. The Morgan fingerprint density at radius 1 is 1.22 bits per heavy atom. The zero-order valence-corrected chi connectivity index (χ0v) is 21.1. The minimum atomic E-state index is -0.599. The average Bonchev–Trinajstić information content (AvgIpc) is 3.39. The van der Waals surface area contributed by atoms with Gasteiger partial charge in [-0.25, -0.2) is 9.78 Å². The predicted molar refractivity (Wildman–Crippen MR) is 135 cm³/mol. The normalized spacial score (nSPS) is 21.6. The van der Waals surface area contributed by atoms with Crippen molar-refractivity contribution < 1.29 is 23.8 Å². The number of carbonyl (C=O) groups excluding carboxylic acids is 2. The Kier molecular flexibility index (Phi) is 5.97. The Balaban J connectivity index is 1.16. The van der Waals surface area contributed by atoms with E-state index in [9.17, 15) is 9.59 Å². The Labute approximate surface area is 217 Å². The van der Waals surface area contributed by atoms with Crippen LogP contribution in [0.5, 0.6) is 17.2 Å². The van der Waals surface area contributed by atoms with Gasteiger partial charge in [-0.3, -0.25) is 4.79 Å². The summed E-state index contributed by atoms with van der Waals surface area (Å²) in [6, 6.07) is 12.5. The lowest BCUT2D eigenvalue weighted by Crippen LogP contribution is -2.46. The fraction of sp³-hybridized carbons (Fsp3) is 0.346. The molecule has 8 nitrogen and oxygen atoms in total. The third kappa shape index (κ3) is 4.37. The van der Waals surface area contributed by atoms with Crippen molar-refractivity contribution in [3.05, 3.63) is 58.2 Å². The SMILES string of the molecule is Cc1nc(C(=O)N2C[C@@H]3C[C@@H]3[C@H]2CNC(=O)Oc2cccc3c2OCCO3)c(-c2cccc(Cl)c2)s1. The molecule has 0 unspecified atom stereocenters. The van der Waals surface area contributed by atoms with E-state index in [-0.39, 0.29) is 11.9 Å². The summed E-state index contributed by atoms with van der Waals surface area (Å²) < 4.78 is 16.7. The second-order valence-electron chi connectivity index (χ2n) is 9.16. The highest BCUT2D eigenvalue weighted by Gasteiger charge is 2.54. The molecule has 3 aliphatic rings. The topological polar surface area (TPSA) is 90.0 Å². The van der Waals surface area contributed by atoms with Gasteiger partial charge >= 0.3 is 6.09 Å². The van der Waals surface area contributed by atoms with Gasteiger partial charge in [0, 0.05) is 18.1 Å². The summed E-state index contributed by atoms with van der Waals surface area (Å²) in [5.41, 5.74) is 1.30. The number of benzene rings is 2. The third-order valence-corrected chi connectivity index (χ3v) is 8.03. The summed E-state index contributed by atoms with van der Waals surface area (Å²) in [4.78, 5) is 33.5. The number of thiazole rings is 1. The summed E-state index contributed by atoms with van der Waals surface area (Å²) in [6.07, 6.45) is 0.456. The number of aromatic nitrogens is 1. The third-order valence-electron chi connectivity index (χ3n) is 6.78. The highest BCUT2D eigenvalue weighted by atomic mass is 35.5. The number of hydrogen-bond acceptors (Lipinski definition) is 7. The Morgan fingerprint density at radius 3 is 2.92 bits per heavy atom. The van der Waals surface area contributed by atoms with Crippen LogP contribution >= 0.6 is 22.9 Å². The number of para-hydroxylation sites is 1. The minimum Gasteiger partial charge on any atom is -0.486 e. The van der Waals surface area contributed by atoms with Crippen molar-refractivity contribution in [3.8, 4) is 27.7 Å². The van der Waals surface area contributed by atoms with Crippen LogP contribution < -0.4 is 19.5 Å². The lowest BCUT2D eigenvalue weighted by Gasteiger charge is -2.27. The zero-order chi connectivity index (χ0) is 24.8. The number of ether oxygens (including phenoxy) is 3. The van der Waals surface area contributed by atoms with E-state index in [2.05, 4.69) is 10.3 Å². The summed E-state index contributed by atoms with van der Waals surface area (Å²) in [6.45, 7) is 3.70. The van der Waals surface area contributed by atoms with E-state index in [0.29, 0.717) is 66.1 Å². The number of hydrogen-bond donors (Lipinski definition) is 1. The predicted octanol–water partition coefficient (Wildman–Crippen LogP) is 4.79. The molecular formula is C26H24ClN3O5S. The smallest absolute Gasteiger partial charge is 0.412 e. The molecule has 1 aliphatic carbocycles. The molecule has 2 aromatic carbocycles. The average molecular weight is 526 g/mol. The largest absolute Gasteiger partial charge is 0.486 e. The first-order chi connectivity index (χ1) is 17.5. The molecular weight excluding hydrogens is 502 g/mol. The van der Waals surface area contributed by atoms with Gasteiger partial charge < -0.3 is 24.4 Å². The maximum Gasteiger partial charge on any atom is 0.412 e. The number of halogens is 1. The summed E-state index contributed by atoms with van der Waals surface area (Å²) >= 11 is 7.68. The molecule has 186 valence electrons. The van der Waals surface area contributed by atoms with Gasteiger partial charge in [-0.15, -0.1) is 11.3 Å². The molecule has 1 saturated carbocycles. The lowest BCUT2D eigenvalue weighted by molar-refractivity contribution is 0.0699. The van der Waals surface area contributed by atoms with E-state index in [1.54, 1.807) is 24.3 Å². The molecule has 2 amide bonds. The van der Waals surface area contributed by atoms with Crippen molar-refractivity contribution in [1.82, 2.24) is 15.2 Å². The van der Waals surface area contributed by atoms with Crippen molar-refractivity contribution in [3.63, 3.8) is 0 Å². The molecule has 0 radical (unpaired) electrons. The van der Waals surface area contributed by atoms with Crippen LogP contribution in [-0.4, -0.2) is 54.2 Å². The monoisotopic (exact) mass is 525 g/mol. The number of amides is 2. The molecule has 1 saturated heterocycles. The van der Waals surface area contributed by atoms with E-state index in [0.717, 1.165) is 21.9 Å². The van der Waals surface area contributed by atoms with E-state index in [4.69, 9.17) is 25.8 Å². The molecule has 3 atom stereocenters. The van der Waals surface area contributed by atoms with Gasteiger partial charge in [0.15, 0.2) is 11.5 Å². The number of likely N-dealkylation sites (tertiary alicyclic amines) is 1. The van der Waals surface area contributed by atoms with Crippen molar-refractivity contribution in [2.24, 2.45) is 11.8 Å². The van der Waals surface area contributed by atoms with E-state index in [1.807, 2.05) is 30.0 Å². The van der Waals surface area contributed by atoms with Gasteiger partial charge in [0.05, 0.1) is 15.9 Å². The maximum atomic E-state index is 13.7. The molecule has 1 N–H and O–H groups in total. The van der Waals surface area contributed by atoms with Gasteiger partial charge in [-0.1, -0.05) is 29.8 Å². The van der Waals surface area contributed by atoms with Gasteiger partial charge in [0.1, 0.15) is 18.9 Å². The first kappa shape index (κ1) is 23.1. The van der Waals surface area contributed by atoms with Crippen LogP contribution in [0, 0.1) is 18.8 Å². The van der Waals surface area contributed by atoms with Crippen LogP contribution in [0.25, 0.3) is 10.4 Å². The first-order valence-electron chi connectivity index (χ1n) is 11.9. The van der Waals surface area contributed by atoms with Gasteiger partial charge in [-0.2, -0.15) is 0 Å². The van der Waals surface area contributed by atoms with Gasteiger partial charge in [0.2, 0.25) is 5.75 Å². The first-order valence-corrected chi connectivity index (χ1v) is 13.1. The second-order valence-corrected chi connectivity index (χ2v) is 10.8. The number of aryl methyl sites for hydroxylation is 1. The quantitative estimate of drug-likeness (QED) is 0.515. The fourth-order valence-electron chi connectivity index (χ4n) is 5.05. The Morgan fingerprint density at radius 2 is 2.06 bits per heavy atom. The number of carbonyl (C=O) groups is 2. The molecule has 3 aromatic rings. The van der Waals surface area contributed by atoms with Crippen LogP contribution in [0.15, 0.2) is 42.5 Å². The van der Waals surface area contributed by atoms with Crippen molar-refractivity contribution in [1.29, 1.82) is 0 Å². The molecule has 3 heterocycles. The molecule has 36 heavy (non-hydrogen) atoms. The van der Waals surface area contributed by atoms with Gasteiger partial charge in [-0.05, 0) is 55.0 Å². The second kappa shape index (κ2) is 9.29. The van der Waals surface area contributed by atoms with Crippen LogP contribution in [-0.2, 0) is 0 Å². The lowest BCUT2D eigenvalue weighted by atomic mass is 10.1. The summed E-state index contributed by atoms with van der Waals surface area (Å²) in [7, 11) is 0. The van der Waals surface area contributed by atoms with Crippen LogP contribution in [0.4, 0.5) is 4.79 Å². The molecule has 1 aromatic heterocycles. The zero-order valence-electron chi connectivity index (χ0n) is 19.5. The number of piperidine rings is 1. The Hall–Kier alpha value is -3.30. The minimum absolute atomic E-state index is 0.117. The van der Waals surface area contributed by atoms with E-state index >= 15 is 0 Å². The number of nitrogens with one attached hydrogen (secondary N) is 1. The summed E-state index contributed by atoms with van der Waals surface area (Å²) in [5, 5.41) is 4.27. The van der Waals surface area contributed by atoms with Crippen LogP contribution in [0.1, 0.15) is 21.9 Å². The standard InChI is InChI=1S/C26H24ClN3O5S/c1-14-29-22(24(36-14)15-4-2-5-17(27)10-15)25(31)30-13-16-11-18(16)19(30)12-28-26(32)35-21-7-3-6-20-23(21)34-9-8-33-20/h2-7,10,16,18-19H,8-9,11-13H2,1H3,(H,28,32)/t16-,18-,19+/m0/s1. The van der Waals surface area contributed by atoms with Crippen molar-refractivity contribution in [2.75, 3.05) is 26.3 Å². The Bertz CT molecular complexity index is 1340. The summed E-state index contributed by atoms with van der Waals surface area (Å²) in [5.74, 6) is 1.98. The number of fused-ring (bicyclic) bond motifs is 2.